The number of nitrogens with zero attached hydrogens (tertiary/aromatic N) is 2. The van der Waals surface area contributed by atoms with Gasteiger partial charge in [0.05, 0.1) is 30.8 Å². The molecule has 0 bridgehead atoms. The van der Waals surface area contributed by atoms with Crippen LogP contribution in [0.25, 0.3) is 0 Å². The van der Waals surface area contributed by atoms with Crippen LogP contribution in [0, 0.1) is 10.1 Å². The van der Waals surface area contributed by atoms with E-state index >= 15 is 0 Å². The van der Waals surface area contributed by atoms with Crippen molar-refractivity contribution in [2.24, 2.45) is 0 Å². The van der Waals surface area contributed by atoms with Gasteiger partial charge in [0.25, 0.3) is 5.69 Å². The third-order valence-corrected chi connectivity index (χ3v) is 3.86. The molecule has 1 aromatic carbocycles. The molecule has 1 atom stereocenters. The van der Waals surface area contributed by atoms with Gasteiger partial charge in [-0.05, 0) is 31.2 Å². The first-order chi connectivity index (χ1) is 13.5. The van der Waals surface area contributed by atoms with Crippen molar-refractivity contribution in [1.82, 2.24) is 4.90 Å². The number of esters is 1. The van der Waals surface area contributed by atoms with Gasteiger partial charge in [-0.2, -0.15) is 0 Å². The number of carbonyl (C=O) groups is 1. The maximum Gasteiger partial charge on any atom is 0.307 e. The quantitative estimate of drug-likeness (QED) is 0.333. The van der Waals surface area contributed by atoms with E-state index in [1.54, 1.807) is 19.3 Å². The van der Waals surface area contributed by atoms with Crippen molar-refractivity contribution >= 4 is 11.7 Å². The number of rotatable bonds is 12. The third kappa shape index (κ3) is 7.37. The summed E-state index contributed by atoms with van der Waals surface area (Å²) in [5.41, 5.74) is -0.0310. The molecule has 0 amide bonds. The minimum absolute atomic E-state index is 0.00583. The summed E-state index contributed by atoms with van der Waals surface area (Å²) in [7, 11) is 0. The number of aliphatic hydroxyl groups excluding tert-OH is 1. The lowest BCUT2D eigenvalue weighted by molar-refractivity contribution is -0.384. The van der Waals surface area contributed by atoms with E-state index in [1.807, 2.05) is 11.0 Å². The van der Waals surface area contributed by atoms with E-state index in [9.17, 15) is 20.0 Å². The Labute approximate surface area is 162 Å². The predicted octanol–water partition coefficient (Wildman–Crippen LogP) is 2.38. The van der Waals surface area contributed by atoms with Crippen LogP contribution in [-0.2, 0) is 16.1 Å². The Balaban J connectivity index is 1.86. The number of benzene rings is 1. The number of aliphatic hydroxyl groups is 1. The number of non-ortho nitro benzene ring substituents is 1. The number of hydrogen-bond donors (Lipinski definition) is 1. The van der Waals surface area contributed by atoms with Crippen molar-refractivity contribution in [2.45, 2.75) is 26.0 Å². The van der Waals surface area contributed by atoms with Crippen molar-refractivity contribution in [1.29, 1.82) is 0 Å². The Morgan fingerprint density at radius 2 is 2.07 bits per heavy atom. The summed E-state index contributed by atoms with van der Waals surface area (Å²) in [5, 5.41) is 21.0. The second-order valence-corrected chi connectivity index (χ2v) is 6.09. The van der Waals surface area contributed by atoms with Crippen molar-refractivity contribution in [3.8, 4) is 5.75 Å². The van der Waals surface area contributed by atoms with Crippen molar-refractivity contribution in [3.05, 3.63) is 58.5 Å². The third-order valence-electron chi connectivity index (χ3n) is 3.86. The highest BCUT2D eigenvalue weighted by Crippen LogP contribution is 2.17. The second kappa shape index (κ2) is 11.1. The van der Waals surface area contributed by atoms with Crippen LogP contribution in [0.5, 0.6) is 5.75 Å². The van der Waals surface area contributed by atoms with E-state index in [0.717, 1.165) is 0 Å². The summed E-state index contributed by atoms with van der Waals surface area (Å²) < 4.78 is 15.8. The predicted molar refractivity (Wildman–Crippen MR) is 99.8 cm³/mol. The van der Waals surface area contributed by atoms with Gasteiger partial charge in [0.1, 0.15) is 24.2 Å². The number of ether oxygens (including phenoxy) is 2. The first kappa shape index (κ1) is 21.4. The molecule has 1 N–H and O–H groups in total. The summed E-state index contributed by atoms with van der Waals surface area (Å²) in [5.74, 6) is 0.838. The zero-order chi connectivity index (χ0) is 20.4. The highest BCUT2D eigenvalue weighted by Gasteiger charge is 2.16. The van der Waals surface area contributed by atoms with Crippen LogP contribution < -0.4 is 4.74 Å². The molecule has 0 saturated heterocycles. The molecule has 0 fully saturated rings. The topological polar surface area (TPSA) is 115 Å². The van der Waals surface area contributed by atoms with Gasteiger partial charge < -0.3 is 19.0 Å². The second-order valence-electron chi connectivity index (χ2n) is 6.09. The van der Waals surface area contributed by atoms with Crippen LogP contribution in [0.3, 0.4) is 0 Å². The number of nitro groups is 1. The molecule has 0 spiro atoms. The summed E-state index contributed by atoms with van der Waals surface area (Å²) in [6.45, 7) is 3.16. The van der Waals surface area contributed by atoms with Crippen molar-refractivity contribution < 1.29 is 28.7 Å². The standard InChI is InChI=1S/C19H24N2O7/c1-2-26-19(23)9-10-20(13-18-4-3-11-27-18)12-16(22)14-28-17-7-5-15(6-8-17)21(24)25/h3-8,11,16,22H,2,9-10,12-14H2,1H3. The molecule has 9 heteroatoms. The Kier molecular flexibility index (Phi) is 8.44. The summed E-state index contributed by atoms with van der Waals surface area (Å²) >= 11 is 0. The van der Waals surface area contributed by atoms with Gasteiger partial charge in [-0.15, -0.1) is 0 Å². The van der Waals surface area contributed by atoms with Crippen LogP contribution in [-0.4, -0.2) is 53.3 Å². The van der Waals surface area contributed by atoms with Gasteiger partial charge in [0.2, 0.25) is 0 Å². The first-order valence-corrected chi connectivity index (χ1v) is 8.93. The molecule has 1 unspecified atom stereocenters. The molecule has 9 nitrogen and oxygen atoms in total. The van der Waals surface area contributed by atoms with Crippen molar-refractivity contribution in [2.75, 3.05) is 26.3 Å². The minimum Gasteiger partial charge on any atom is -0.491 e. The molecule has 28 heavy (non-hydrogen) atoms. The maximum atomic E-state index is 11.6. The molecule has 1 aromatic heterocycles. The zero-order valence-electron chi connectivity index (χ0n) is 15.7. The van der Waals surface area contributed by atoms with Crippen LogP contribution in [0.1, 0.15) is 19.1 Å². The fourth-order valence-corrected chi connectivity index (χ4v) is 2.55. The summed E-state index contributed by atoms with van der Waals surface area (Å²) in [6, 6.07) is 9.22. The fraction of sp³-hybridized carbons (Fsp3) is 0.421. The Hall–Kier alpha value is -2.91. The molecule has 0 radical (unpaired) electrons. The normalized spacial score (nSPS) is 12.0. The molecule has 0 saturated carbocycles. The van der Waals surface area contributed by atoms with Gasteiger partial charge >= 0.3 is 5.97 Å². The van der Waals surface area contributed by atoms with Crippen LogP contribution in [0.4, 0.5) is 5.69 Å². The summed E-state index contributed by atoms with van der Waals surface area (Å²) in [6.07, 6.45) is 0.935. The molecular weight excluding hydrogens is 368 g/mol. The fourth-order valence-electron chi connectivity index (χ4n) is 2.55. The lowest BCUT2D eigenvalue weighted by Gasteiger charge is -2.24. The number of carbonyl (C=O) groups excluding carboxylic acids is 1. The zero-order valence-corrected chi connectivity index (χ0v) is 15.7. The largest absolute Gasteiger partial charge is 0.491 e. The van der Waals surface area contributed by atoms with E-state index in [2.05, 4.69) is 0 Å². The monoisotopic (exact) mass is 392 g/mol. The van der Waals surface area contributed by atoms with E-state index in [1.165, 1.54) is 24.3 Å². The highest BCUT2D eigenvalue weighted by molar-refractivity contribution is 5.69. The average molecular weight is 392 g/mol. The van der Waals surface area contributed by atoms with E-state index in [4.69, 9.17) is 13.9 Å². The molecular formula is C19H24N2O7. The molecule has 2 aromatic rings. The smallest absolute Gasteiger partial charge is 0.307 e. The van der Waals surface area contributed by atoms with Crippen molar-refractivity contribution in [3.63, 3.8) is 0 Å². The molecule has 152 valence electrons. The number of hydrogen-bond acceptors (Lipinski definition) is 8. The Bertz CT molecular complexity index is 731. The minimum atomic E-state index is -0.827. The average Bonchev–Trinajstić information content (AvgIpc) is 3.18. The molecule has 0 aliphatic heterocycles. The lowest BCUT2D eigenvalue weighted by Crippen LogP contribution is -2.36. The van der Waals surface area contributed by atoms with Gasteiger partial charge in [0.15, 0.2) is 0 Å². The van der Waals surface area contributed by atoms with Crippen LogP contribution in [0.2, 0.25) is 0 Å². The summed E-state index contributed by atoms with van der Waals surface area (Å²) in [4.78, 5) is 23.7. The Morgan fingerprint density at radius 3 is 2.68 bits per heavy atom. The van der Waals surface area contributed by atoms with Gasteiger partial charge in [0, 0.05) is 25.2 Å². The number of nitro benzene ring substituents is 1. The SMILES string of the molecule is CCOC(=O)CCN(Cc1ccco1)CC(O)COc1ccc([N+](=O)[O-])cc1. The van der Waals surface area contributed by atoms with E-state index in [0.29, 0.717) is 31.2 Å². The molecule has 2 rings (SSSR count). The lowest BCUT2D eigenvalue weighted by atomic mass is 10.2. The highest BCUT2D eigenvalue weighted by atomic mass is 16.6. The van der Waals surface area contributed by atoms with Gasteiger partial charge in [-0.3, -0.25) is 19.8 Å². The first-order valence-electron chi connectivity index (χ1n) is 8.93. The van der Waals surface area contributed by atoms with Gasteiger partial charge in [-0.25, -0.2) is 0 Å². The maximum absolute atomic E-state index is 11.6. The molecule has 1 heterocycles. The van der Waals surface area contributed by atoms with Gasteiger partial charge in [-0.1, -0.05) is 0 Å². The Morgan fingerprint density at radius 1 is 1.32 bits per heavy atom. The van der Waals surface area contributed by atoms with Crippen LogP contribution in [0.15, 0.2) is 47.1 Å². The van der Waals surface area contributed by atoms with E-state index < -0.39 is 11.0 Å². The molecule has 0 aliphatic rings. The van der Waals surface area contributed by atoms with E-state index in [-0.39, 0.29) is 31.2 Å². The molecule has 0 aliphatic carbocycles. The van der Waals surface area contributed by atoms with Crippen LogP contribution >= 0.6 is 0 Å². The number of furan rings is 1.